The van der Waals surface area contributed by atoms with Gasteiger partial charge in [0, 0.05) is 92.6 Å². The van der Waals surface area contributed by atoms with Gasteiger partial charge in [-0.25, -0.2) is 10.2 Å². The van der Waals surface area contributed by atoms with Crippen molar-refractivity contribution in [1.82, 2.24) is 49.9 Å². The van der Waals surface area contributed by atoms with Gasteiger partial charge in [-0.1, -0.05) is 45.7 Å². The number of aromatic nitrogens is 3. The summed E-state index contributed by atoms with van der Waals surface area (Å²) in [5.74, 6) is 3.83. The first-order valence-electron chi connectivity index (χ1n) is 25.8. The number of hydrogen-bond donors (Lipinski definition) is 2. The van der Waals surface area contributed by atoms with E-state index in [4.69, 9.17) is 19.4 Å². The number of aryl methyl sites for hydroxylation is 1. The molecule has 7 heterocycles. The second-order valence-corrected chi connectivity index (χ2v) is 22.2. The Labute approximate surface area is 430 Å². The van der Waals surface area contributed by atoms with Gasteiger partial charge in [-0.15, -0.1) is 0 Å². The highest BCUT2D eigenvalue weighted by atomic mass is 16.5. The summed E-state index contributed by atoms with van der Waals surface area (Å²) < 4.78 is 14.3. The van der Waals surface area contributed by atoms with Crippen LogP contribution >= 0.6 is 0 Å². The number of likely N-dealkylation sites (N-methyl/N-ethyl adjacent to an activating group) is 1. The van der Waals surface area contributed by atoms with Crippen LogP contribution in [-0.4, -0.2) is 159 Å². The maximum Gasteiger partial charge on any atom is 0.324 e. The molecule has 0 saturated carbocycles. The largest absolute Gasteiger partial charge is 0.464 e. The summed E-state index contributed by atoms with van der Waals surface area (Å²) in [5, 5.41) is 5.51. The number of hydrogen-bond acceptors (Lipinski definition) is 11. The van der Waals surface area contributed by atoms with Crippen molar-refractivity contribution >= 4 is 40.6 Å². The summed E-state index contributed by atoms with van der Waals surface area (Å²) in [7, 11) is 7.12. The van der Waals surface area contributed by atoms with Crippen LogP contribution in [0.3, 0.4) is 0 Å². The van der Waals surface area contributed by atoms with E-state index in [2.05, 4.69) is 72.2 Å². The summed E-state index contributed by atoms with van der Waals surface area (Å²) in [6.45, 7) is 18.3. The Morgan fingerprint density at radius 1 is 1.04 bits per heavy atom. The minimum atomic E-state index is -1.13. The number of cyclic esters (lactones) is 1. The van der Waals surface area contributed by atoms with Crippen molar-refractivity contribution in [1.29, 1.82) is 0 Å². The first-order chi connectivity index (χ1) is 34.6. The Kier molecular flexibility index (Phi) is 15.1. The minimum absolute atomic E-state index is 0.0292. The van der Waals surface area contributed by atoms with Crippen LogP contribution in [-0.2, 0) is 48.0 Å². The zero-order chi connectivity index (χ0) is 52.7. The maximum absolute atomic E-state index is 14.8. The Bertz CT molecular complexity index is 2840. The third kappa shape index (κ3) is 10.6. The molecule has 4 aromatic rings. The Morgan fingerprint density at radius 3 is 2.47 bits per heavy atom. The van der Waals surface area contributed by atoms with Crippen molar-refractivity contribution in [3.05, 3.63) is 71.7 Å². The molecule has 8 rings (SSSR count). The van der Waals surface area contributed by atoms with Crippen LogP contribution in [0, 0.1) is 23.2 Å². The van der Waals surface area contributed by atoms with Gasteiger partial charge in [0.2, 0.25) is 5.91 Å². The average molecular weight is 999 g/mol. The van der Waals surface area contributed by atoms with E-state index in [9.17, 15) is 24.0 Å². The van der Waals surface area contributed by atoms with Crippen molar-refractivity contribution in [2.45, 2.75) is 129 Å². The average Bonchev–Trinajstić information content (AvgIpc) is 3.64. The van der Waals surface area contributed by atoms with E-state index in [1.807, 2.05) is 77.9 Å². The number of amides is 5. The third-order valence-corrected chi connectivity index (χ3v) is 15.5. The number of pyridine rings is 2. The van der Waals surface area contributed by atoms with Gasteiger partial charge < -0.3 is 34.1 Å². The van der Waals surface area contributed by atoms with Crippen LogP contribution in [0.4, 0.5) is 4.79 Å². The van der Waals surface area contributed by atoms with Gasteiger partial charge in [-0.05, 0) is 121 Å². The molecule has 4 aliphatic heterocycles. The number of methoxy groups -OCH3 is 1. The highest BCUT2D eigenvalue weighted by Gasteiger charge is 2.57. The number of fused-ring (bicyclic) bond motifs is 6. The molecule has 3 aromatic heterocycles. The molecule has 2 N–H and O–H groups in total. The molecule has 4 aliphatic rings. The summed E-state index contributed by atoms with van der Waals surface area (Å²) in [5.41, 5.74) is 8.71. The van der Waals surface area contributed by atoms with Crippen LogP contribution in [0.5, 0.6) is 0 Å². The molecule has 4 atom stereocenters. The first kappa shape index (κ1) is 53.0. The summed E-state index contributed by atoms with van der Waals surface area (Å²) in [6.07, 6.45) is 3.82. The number of esters is 1. The molecule has 5 amide bonds. The molecule has 1 aromatic carbocycles. The molecule has 3 fully saturated rings. The van der Waals surface area contributed by atoms with Crippen molar-refractivity contribution in [2.75, 3.05) is 61.0 Å². The number of nitrogens with one attached hydrogen (secondary N) is 2. The van der Waals surface area contributed by atoms with Gasteiger partial charge >= 0.3 is 12.0 Å². The van der Waals surface area contributed by atoms with Gasteiger partial charge in [0.15, 0.2) is 0 Å². The fraction of sp³-hybridized carbons (Fsp3) is 0.554. The highest BCUT2D eigenvalue weighted by molar-refractivity contribution is 5.97. The zero-order valence-corrected chi connectivity index (χ0v) is 44.8. The SMILES string of the molecule is CCn1c(-c2cccnc2[C@H](C)OC)c2c3cc(ccc31)-c1cccc(n1)C[C@H](NC(=O)[C@H](C(C)C)N(C)C(=O)N1CCC13CN(C(=O)C#CC(C)(C)N(C)C)C3)C(=O)N1CCC[C@H](N1)C(=O)OCC(C)(C)C2. The van der Waals surface area contributed by atoms with E-state index in [0.29, 0.717) is 63.4 Å². The quantitative estimate of drug-likeness (QED) is 0.152. The van der Waals surface area contributed by atoms with Crippen molar-refractivity contribution in [3.8, 4) is 34.4 Å². The van der Waals surface area contributed by atoms with Crippen molar-refractivity contribution < 1.29 is 33.4 Å². The van der Waals surface area contributed by atoms with Crippen LogP contribution in [0.1, 0.15) is 97.7 Å². The summed E-state index contributed by atoms with van der Waals surface area (Å²) in [6, 6.07) is 12.9. The van der Waals surface area contributed by atoms with E-state index >= 15 is 0 Å². The molecule has 17 nitrogen and oxygen atoms in total. The van der Waals surface area contributed by atoms with Gasteiger partial charge in [0.1, 0.15) is 18.1 Å². The predicted octanol–water partition coefficient (Wildman–Crippen LogP) is 5.85. The molecule has 6 bridgehead atoms. The molecule has 390 valence electrons. The summed E-state index contributed by atoms with van der Waals surface area (Å²) in [4.78, 5) is 87.8. The lowest BCUT2D eigenvalue weighted by molar-refractivity contribution is -0.155. The van der Waals surface area contributed by atoms with Gasteiger partial charge in [-0.3, -0.25) is 39.1 Å². The number of carbonyl (C=O) groups excluding carboxylic acids is 5. The predicted molar refractivity (Wildman–Crippen MR) is 279 cm³/mol. The smallest absolute Gasteiger partial charge is 0.324 e. The number of urea groups is 1. The molecule has 0 unspecified atom stereocenters. The fourth-order valence-corrected chi connectivity index (χ4v) is 10.7. The Morgan fingerprint density at radius 2 is 1.79 bits per heavy atom. The minimum Gasteiger partial charge on any atom is -0.464 e. The molecular weight excluding hydrogens is 925 g/mol. The molecule has 1 spiro atoms. The molecule has 17 heteroatoms. The van der Waals surface area contributed by atoms with Gasteiger partial charge in [0.05, 0.1) is 40.9 Å². The van der Waals surface area contributed by atoms with E-state index < -0.39 is 52.4 Å². The van der Waals surface area contributed by atoms with E-state index in [1.54, 1.807) is 30.2 Å². The Hall–Kier alpha value is -6.35. The number of hydrazine groups is 1. The van der Waals surface area contributed by atoms with E-state index in [0.717, 1.165) is 45.4 Å². The number of ether oxygens (including phenoxy) is 2. The lowest BCUT2D eigenvalue weighted by Gasteiger charge is -2.62. The fourth-order valence-electron chi connectivity index (χ4n) is 10.7. The molecule has 0 aliphatic carbocycles. The van der Waals surface area contributed by atoms with Crippen molar-refractivity contribution in [3.63, 3.8) is 0 Å². The van der Waals surface area contributed by atoms with Gasteiger partial charge in [0.25, 0.3) is 11.8 Å². The second kappa shape index (κ2) is 20.9. The normalized spacial score (nSPS) is 20.6. The monoisotopic (exact) mass is 999 g/mol. The molecule has 3 saturated heterocycles. The van der Waals surface area contributed by atoms with E-state index in [1.165, 1.54) is 9.91 Å². The molecule has 0 radical (unpaired) electrons. The first-order valence-corrected chi connectivity index (χ1v) is 25.8. The van der Waals surface area contributed by atoms with Crippen LogP contribution < -0.4 is 10.7 Å². The Balaban J connectivity index is 1.11. The van der Waals surface area contributed by atoms with Crippen LogP contribution in [0.15, 0.2) is 54.7 Å². The number of likely N-dealkylation sites (tertiary alicyclic amines) is 2. The zero-order valence-electron chi connectivity index (χ0n) is 44.8. The summed E-state index contributed by atoms with van der Waals surface area (Å²) >= 11 is 0. The van der Waals surface area contributed by atoms with Crippen molar-refractivity contribution in [2.24, 2.45) is 11.3 Å². The number of nitrogens with zero attached hydrogens (tertiary/aromatic N) is 8. The highest BCUT2D eigenvalue weighted by Crippen LogP contribution is 2.43. The third-order valence-electron chi connectivity index (χ3n) is 15.5. The lowest BCUT2D eigenvalue weighted by Crippen LogP contribution is -2.79. The second-order valence-electron chi connectivity index (χ2n) is 22.2. The molecular formula is C56H74N10O7. The number of benzene rings is 1. The van der Waals surface area contributed by atoms with Crippen LogP contribution in [0.2, 0.25) is 0 Å². The van der Waals surface area contributed by atoms with Gasteiger partial charge in [-0.2, -0.15) is 0 Å². The number of rotatable bonds is 9. The topological polar surface area (TPSA) is 175 Å². The number of carbonyl (C=O) groups is 5. The standard InChI is InChI=1S/C56H74N10O7/c1-13-64-45-22-21-37-29-40(45)41(49(64)39-18-15-26-57-47(39)36(4)72-12)31-54(5,6)34-73-52(70)43-20-16-27-66(60-43)51(69)44(30-38-17-14-19-42(37)58-38)59-50(68)48(35(2)3)62(11)53(71)65-28-25-56(65)32-63(33-56)46(67)23-24-55(7,8)61(9)10/h14-15,17-19,21-22,26,29,35-36,43-44,48,60H,13,16,20,25,27-28,30-34H2,1-12H3,(H,59,68)/t36-,43-,44-,48-/m0/s1. The lowest BCUT2D eigenvalue weighted by atomic mass is 9.77. The van der Waals surface area contributed by atoms with E-state index in [-0.39, 0.29) is 37.0 Å². The maximum atomic E-state index is 14.8. The molecule has 73 heavy (non-hydrogen) atoms. The van der Waals surface area contributed by atoms with Crippen LogP contribution in [0.25, 0.3) is 33.4 Å².